The SMILES string of the molecule is CNC(=O)COc1ccc(CC(C)N2CCOC(c3cccc(Cl)c3)C2)cc1. The molecule has 1 N–H and O–H groups in total. The van der Waals surface area contributed by atoms with Crippen molar-refractivity contribution in [3.63, 3.8) is 0 Å². The highest BCUT2D eigenvalue weighted by molar-refractivity contribution is 6.30. The Morgan fingerprint density at radius 2 is 2.11 bits per heavy atom. The number of morpholine rings is 1. The first kappa shape index (κ1) is 20.6. The quantitative estimate of drug-likeness (QED) is 0.770. The first-order valence-corrected chi connectivity index (χ1v) is 9.96. The van der Waals surface area contributed by atoms with E-state index in [1.807, 2.05) is 30.3 Å². The molecule has 1 heterocycles. The molecule has 0 bridgehead atoms. The lowest BCUT2D eigenvalue weighted by atomic mass is 10.0. The van der Waals surface area contributed by atoms with E-state index in [-0.39, 0.29) is 18.6 Å². The molecule has 5 nitrogen and oxygen atoms in total. The van der Waals surface area contributed by atoms with Crippen LogP contribution in [0, 0.1) is 0 Å². The second-order valence-corrected chi connectivity index (χ2v) is 7.50. The number of hydrogen-bond acceptors (Lipinski definition) is 4. The van der Waals surface area contributed by atoms with Crippen molar-refractivity contribution in [1.82, 2.24) is 10.2 Å². The van der Waals surface area contributed by atoms with Gasteiger partial charge >= 0.3 is 0 Å². The van der Waals surface area contributed by atoms with Crippen molar-refractivity contribution in [2.24, 2.45) is 0 Å². The third-order valence-electron chi connectivity index (χ3n) is 5.04. The maximum atomic E-state index is 11.3. The van der Waals surface area contributed by atoms with Crippen LogP contribution >= 0.6 is 11.6 Å². The van der Waals surface area contributed by atoms with Crippen molar-refractivity contribution in [3.05, 3.63) is 64.7 Å². The molecule has 1 fully saturated rings. The monoisotopic (exact) mass is 402 g/mol. The van der Waals surface area contributed by atoms with E-state index in [1.165, 1.54) is 5.56 Å². The summed E-state index contributed by atoms with van der Waals surface area (Å²) in [6.45, 7) is 4.77. The summed E-state index contributed by atoms with van der Waals surface area (Å²) in [5.74, 6) is 0.562. The Bertz CT molecular complexity index is 782. The Morgan fingerprint density at radius 3 is 2.82 bits per heavy atom. The van der Waals surface area contributed by atoms with Crippen LogP contribution in [0.3, 0.4) is 0 Å². The van der Waals surface area contributed by atoms with Crippen molar-refractivity contribution in [1.29, 1.82) is 0 Å². The van der Waals surface area contributed by atoms with Gasteiger partial charge in [-0.3, -0.25) is 9.69 Å². The molecule has 1 aliphatic rings. The Kier molecular flexibility index (Phi) is 7.31. The second kappa shape index (κ2) is 9.92. The Hall–Kier alpha value is -2.08. The van der Waals surface area contributed by atoms with Crippen LogP contribution < -0.4 is 10.1 Å². The zero-order valence-electron chi connectivity index (χ0n) is 16.4. The van der Waals surface area contributed by atoms with Crippen LogP contribution in [-0.4, -0.2) is 50.2 Å². The highest BCUT2D eigenvalue weighted by Crippen LogP contribution is 2.26. The van der Waals surface area contributed by atoms with Gasteiger partial charge in [-0.05, 0) is 48.7 Å². The molecular formula is C22H27ClN2O3. The first-order chi connectivity index (χ1) is 13.5. The van der Waals surface area contributed by atoms with E-state index in [0.717, 1.165) is 30.1 Å². The Balaban J connectivity index is 1.55. The van der Waals surface area contributed by atoms with Crippen molar-refractivity contribution in [2.75, 3.05) is 33.4 Å². The fourth-order valence-electron chi connectivity index (χ4n) is 3.39. The van der Waals surface area contributed by atoms with Gasteiger partial charge in [0.05, 0.1) is 12.7 Å². The number of hydrogen-bond donors (Lipinski definition) is 1. The van der Waals surface area contributed by atoms with Crippen molar-refractivity contribution >= 4 is 17.5 Å². The minimum atomic E-state index is -0.140. The topological polar surface area (TPSA) is 50.8 Å². The summed E-state index contributed by atoms with van der Waals surface area (Å²) in [5.41, 5.74) is 2.37. The van der Waals surface area contributed by atoms with Gasteiger partial charge in [0, 0.05) is 31.2 Å². The standard InChI is InChI=1S/C22H27ClN2O3/c1-16(12-17-6-8-20(9-7-17)28-15-22(26)24-2)25-10-11-27-21(14-25)18-4-3-5-19(23)13-18/h3-9,13,16,21H,10-12,14-15H2,1-2H3,(H,24,26). The summed E-state index contributed by atoms with van der Waals surface area (Å²) < 4.78 is 11.4. The molecule has 0 saturated carbocycles. The predicted molar refractivity (Wildman–Crippen MR) is 111 cm³/mol. The zero-order valence-corrected chi connectivity index (χ0v) is 17.1. The molecule has 1 saturated heterocycles. The fourth-order valence-corrected chi connectivity index (χ4v) is 3.59. The van der Waals surface area contributed by atoms with Gasteiger partial charge < -0.3 is 14.8 Å². The van der Waals surface area contributed by atoms with Gasteiger partial charge in [-0.1, -0.05) is 35.9 Å². The normalized spacial score (nSPS) is 18.5. The largest absolute Gasteiger partial charge is 0.484 e. The smallest absolute Gasteiger partial charge is 0.257 e. The summed E-state index contributed by atoms with van der Waals surface area (Å²) in [6, 6.07) is 16.3. The van der Waals surface area contributed by atoms with E-state index in [2.05, 4.69) is 35.3 Å². The van der Waals surface area contributed by atoms with Crippen molar-refractivity contribution < 1.29 is 14.3 Å². The predicted octanol–water partition coefficient (Wildman–Crippen LogP) is 3.47. The number of amides is 1. The van der Waals surface area contributed by atoms with Gasteiger partial charge in [-0.15, -0.1) is 0 Å². The molecule has 150 valence electrons. The van der Waals surface area contributed by atoms with E-state index in [0.29, 0.717) is 18.4 Å². The summed E-state index contributed by atoms with van der Waals surface area (Å²) in [4.78, 5) is 13.7. The van der Waals surface area contributed by atoms with E-state index < -0.39 is 0 Å². The molecular weight excluding hydrogens is 376 g/mol. The zero-order chi connectivity index (χ0) is 19.9. The molecule has 1 amide bonds. The van der Waals surface area contributed by atoms with Gasteiger partial charge in [-0.25, -0.2) is 0 Å². The molecule has 1 aliphatic heterocycles. The molecule has 2 aromatic carbocycles. The number of nitrogens with one attached hydrogen (secondary N) is 1. The van der Waals surface area contributed by atoms with Crippen LogP contribution in [-0.2, 0) is 16.0 Å². The van der Waals surface area contributed by atoms with Gasteiger partial charge in [0.15, 0.2) is 6.61 Å². The number of benzene rings is 2. The highest BCUT2D eigenvalue weighted by atomic mass is 35.5. The van der Waals surface area contributed by atoms with Gasteiger partial charge in [-0.2, -0.15) is 0 Å². The summed E-state index contributed by atoms with van der Waals surface area (Å²) in [6.07, 6.45) is 0.994. The molecule has 2 atom stereocenters. The molecule has 2 unspecified atom stereocenters. The van der Waals surface area contributed by atoms with Gasteiger partial charge in [0.1, 0.15) is 5.75 Å². The lowest BCUT2D eigenvalue weighted by molar-refractivity contribution is -0.122. The van der Waals surface area contributed by atoms with Crippen LogP contribution in [0.5, 0.6) is 5.75 Å². The summed E-state index contributed by atoms with van der Waals surface area (Å²) in [5, 5.41) is 3.28. The molecule has 2 aromatic rings. The number of halogens is 1. The van der Waals surface area contributed by atoms with Crippen LogP contribution in [0.15, 0.2) is 48.5 Å². The number of carbonyl (C=O) groups excluding carboxylic acids is 1. The maximum Gasteiger partial charge on any atom is 0.257 e. The van der Waals surface area contributed by atoms with Gasteiger partial charge in [0.25, 0.3) is 5.91 Å². The molecule has 0 radical (unpaired) electrons. The number of nitrogens with zero attached hydrogens (tertiary/aromatic N) is 1. The van der Waals surface area contributed by atoms with Gasteiger partial charge in [0.2, 0.25) is 0 Å². The molecule has 3 rings (SSSR count). The summed E-state index contributed by atoms with van der Waals surface area (Å²) >= 11 is 6.13. The second-order valence-electron chi connectivity index (χ2n) is 7.07. The Labute approximate surface area is 171 Å². The van der Waals surface area contributed by atoms with E-state index >= 15 is 0 Å². The number of likely N-dealkylation sites (N-methyl/N-ethyl adjacent to an activating group) is 1. The molecule has 6 heteroatoms. The molecule has 28 heavy (non-hydrogen) atoms. The average molecular weight is 403 g/mol. The van der Waals surface area contributed by atoms with Crippen molar-refractivity contribution in [2.45, 2.75) is 25.5 Å². The number of rotatable bonds is 7. The van der Waals surface area contributed by atoms with Crippen LogP contribution in [0.25, 0.3) is 0 Å². The van der Waals surface area contributed by atoms with Crippen LogP contribution in [0.2, 0.25) is 5.02 Å². The number of ether oxygens (including phenoxy) is 2. The van der Waals surface area contributed by atoms with Crippen LogP contribution in [0.4, 0.5) is 0 Å². The third kappa shape index (κ3) is 5.71. The maximum absolute atomic E-state index is 11.3. The minimum Gasteiger partial charge on any atom is -0.484 e. The minimum absolute atomic E-state index is 0.0327. The van der Waals surface area contributed by atoms with E-state index in [9.17, 15) is 4.79 Å². The molecule has 0 aliphatic carbocycles. The van der Waals surface area contributed by atoms with E-state index in [1.54, 1.807) is 7.05 Å². The van der Waals surface area contributed by atoms with E-state index in [4.69, 9.17) is 21.1 Å². The number of carbonyl (C=O) groups is 1. The lowest BCUT2D eigenvalue weighted by Gasteiger charge is -2.37. The lowest BCUT2D eigenvalue weighted by Crippen LogP contribution is -2.44. The third-order valence-corrected chi connectivity index (χ3v) is 5.28. The Morgan fingerprint density at radius 1 is 1.32 bits per heavy atom. The van der Waals surface area contributed by atoms with Crippen LogP contribution in [0.1, 0.15) is 24.2 Å². The van der Waals surface area contributed by atoms with Crippen molar-refractivity contribution in [3.8, 4) is 5.75 Å². The fraction of sp³-hybridized carbons (Fsp3) is 0.409. The molecule has 0 spiro atoms. The first-order valence-electron chi connectivity index (χ1n) is 9.58. The summed E-state index contributed by atoms with van der Waals surface area (Å²) in [7, 11) is 1.60. The highest BCUT2D eigenvalue weighted by Gasteiger charge is 2.25. The molecule has 0 aromatic heterocycles. The average Bonchev–Trinajstić information content (AvgIpc) is 2.73.